The molecule has 1 N–H and O–H groups in total. The average molecular weight is 348 g/mol. The Balaban J connectivity index is 1.66. The van der Waals surface area contributed by atoms with Crippen molar-refractivity contribution in [2.45, 2.75) is 45.6 Å². The van der Waals surface area contributed by atoms with Gasteiger partial charge in [0.1, 0.15) is 6.54 Å². The number of fused-ring (bicyclic) bond motifs is 1. The molecule has 3 amide bonds. The lowest BCUT2D eigenvalue weighted by atomic mass is 9.81. The number of hydrogen-bond acceptors (Lipinski definition) is 4. The molecule has 130 valence electrons. The van der Waals surface area contributed by atoms with Gasteiger partial charge in [-0.15, -0.1) is 11.3 Å². The van der Waals surface area contributed by atoms with E-state index >= 15 is 0 Å². The minimum absolute atomic E-state index is 0.0902. The molecule has 1 aliphatic carbocycles. The van der Waals surface area contributed by atoms with Crippen molar-refractivity contribution in [2.75, 3.05) is 6.54 Å². The lowest BCUT2D eigenvalue weighted by Crippen LogP contribution is -2.42. The molecule has 0 radical (unpaired) electrons. The highest BCUT2D eigenvalue weighted by Crippen LogP contribution is 2.37. The second-order valence-electron chi connectivity index (χ2n) is 7.06. The Bertz CT molecular complexity index is 602. The summed E-state index contributed by atoms with van der Waals surface area (Å²) in [5.41, 5.74) is 0. The van der Waals surface area contributed by atoms with Crippen LogP contribution in [0.3, 0.4) is 0 Å². The second kappa shape index (κ2) is 7.05. The van der Waals surface area contributed by atoms with Crippen LogP contribution in [0.5, 0.6) is 0 Å². The molecule has 0 unspecified atom stereocenters. The van der Waals surface area contributed by atoms with E-state index in [2.05, 4.69) is 5.32 Å². The molecule has 2 aliphatic rings. The van der Waals surface area contributed by atoms with Crippen molar-refractivity contribution in [3.8, 4) is 0 Å². The third-order valence-electron chi connectivity index (χ3n) is 5.07. The molecule has 0 aromatic carbocycles. The van der Waals surface area contributed by atoms with Crippen molar-refractivity contribution in [1.82, 2.24) is 10.2 Å². The molecule has 3 rings (SSSR count). The van der Waals surface area contributed by atoms with Gasteiger partial charge in [0.05, 0.1) is 17.9 Å². The van der Waals surface area contributed by atoms with Crippen LogP contribution in [-0.2, 0) is 14.4 Å². The zero-order chi connectivity index (χ0) is 17.3. The Hall–Kier alpha value is -1.69. The van der Waals surface area contributed by atoms with Gasteiger partial charge in [-0.3, -0.25) is 19.3 Å². The lowest BCUT2D eigenvalue weighted by molar-refractivity contribution is -0.143. The fraction of sp³-hybridized carbons (Fsp3) is 0.611. The largest absolute Gasteiger partial charge is 0.347 e. The number of likely N-dealkylation sites (tertiary alicyclic amines) is 1. The Kier molecular flexibility index (Phi) is 5.04. The number of imide groups is 1. The summed E-state index contributed by atoms with van der Waals surface area (Å²) in [6.45, 7) is 3.94. The Morgan fingerprint density at radius 3 is 2.38 bits per heavy atom. The molecule has 1 aliphatic heterocycles. The van der Waals surface area contributed by atoms with Gasteiger partial charge in [0.15, 0.2) is 0 Å². The Morgan fingerprint density at radius 1 is 1.25 bits per heavy atom. The van der Waals surface area contributed by atoms with E-state index in [0.717, 1.165) is 30.6 Å². The normalized spacial score (nSPS) is 25.0. The van der Waals surface area contributed by atoms with Crippen molar-refractivity contribution in [2.24, 2.45) is 17.8 Å². The molecule has 2 heterocycles. The molecule has 0 bridgehead atoms. The molecule has 1 saturated heterocycles. The van der Waals surface area contributed by atoms with Crippen LogP contribution < -0.4 is 5.32 Å². The summed E-state index contributed by atoms with van der Waals surface area (Å²) in [5, 5.41) is 4.97. The summed E-state index contributed by atoms with van der Waals surface area (Å²) in [4.78, 5) is 39.6. The Morgan fingerprint density at radius 2 is 1.88 bits per heavy atom. The van der Waals surface area contributed by atoms with Crippen LogP contribution in [0.1, 0.15) is 50.4 Å². The fourth-order valence-corrected chi connectivity index (χ4v) is 4.73. The monoisotopic (exact) mass is 348 g/mol. The van der Waals surface area contributed by atoms with Crippen LogP contribution in [0.4, 0.5) is 0 Å². The van der Waals surface area contributed by atoms with Gasteiger partial charge in [0.25, 0.3) is 0 Å². The predicted octanol–water partition coefficient (Wildman–Crippen LogP) is 2.74. The first-order valence-corrected chi connectivity index (χ1v) is 9.55. The van der Waals surface area contributed by atoms with Crippen LogP contribution in [0.25, 0.3) is 0 Å². The van der Waals surface area contributed by atoms with E-state index in [0.29, 0.717) is 0 Å². The zero-order valence-electron chi connectivity index (χ0n) is 14.2. The average Bonchev–Trinajstić information content (AvgIpc) is 3.16. The topological polar surface area (TPSA) is 66.5 Å². The summed E-state index contributed by atoms with van der Waals surface area (Å²) < 4.78 is 0. The van der Waals surface area contributed by atoms with Crippen LogP contribution in [0.2, 0.25) is 0 Å². The number of carbonyl (C=O) groups is 3. The van der Waals surface area contributed by atoms with Crippen molar-refractivity contribution in [3.05, 3.63) is 22.4 Å². The van der Waals surface area contributed by atoms with Crippen LogP contribution in [0.15, 0.2) is 17.5 Å². The summed E-state index contributed by atoms with van der Waals surface area (Å²) in [5.74, 6) is -0.730. The number of thiophene rings is 1. The number of nitrogens with one attached hydrogen (secondary N) is 1. The smallest absolute Gasteiger partial charge is 0.240 e. The summed E-state index contributed by atoms with van der Waals surface area (Å²) in [6.07, 6.45) is 3.54. The highest BCUT2D eigenvalue weighted by Gasteiger charge is 2.48. The van der Waals surface area contributed by atoms with Crippen molar-refractivity contribution in [1.29, 1.82) is 0 Å². The highest BCUT2D eigenvalue weighted by atomic mass is 32.1. The third kappa shape index (κ3) is 3.24. The predicted molar refractivity (Wildman–Crippen MR) is 92.2 cm³/mol. The molecule has 0 spiro atoms. The van der Waals surface area contributed by atoms with Gasteiger partial charge < -0.3 is 5.32 Å². The first kappa shape index (κ1) is 17.1. The Labute approximate surface area is 146 Å². The van der Waals surface area contributed by atoms with E-state index in [4.69, 9.17) is 0 Å². The number of carbonyl (C=O) groups excluding carboxylic acids is 3. The standard InChI is InChI=1S/C18H24N2O3S/c1-11(2)16(14-8-5-9-24-14)19-15(21)10-20-17(22)12-6-3-4-7-13(12)18(20)23/h5,8-9,11-13,16H,3-4,6-7,10H2,1-2H3,(H,19,21)/t12-,13+,16-/m0/s1. The molecular formula is C18H24N2O3S. The van der Waals surface area contributed by atoms with E-state index in [-0.39, 0.29) is 48.1 Å². The minimum atomic E-state index is -0.262. The summed E-state index contributed by atoms with van der Waals surface area (Å²) in [6, 6.07) is 3.86. The first-order chi connectivity index (χ1) is 11.5. The van der Waals surface area contributed by atoms with Gasteiger partial charge in [0, 0.05) is 4.88 Å². The van der Waals surface area contributed by atoms with Crippen LogP contribution in [0, 0.1) is 17.8 Å². The van der Waals surface area contributed by atoms with Gasteiger partial charge in [-0.2, -0.15) is 0 Å². The maximum Gasteiger partial charge on any atom is 0.240 e. The lowest BCUT2D eigenvalue weighted by Gasteiger charge is -2.23. The number of nitrogens with zero attached hydrogens (tertiary/aromatic N) is 1. The third-order valence-corrected chi connectivity index (χ3v) is 6.02. The molecular weight excluding hydrogens is 324 g/mol. The molecule has 2 fully saturated rings. The highest BCUT2D eigenvalue weighted by molar-refractivity contribution is 7.10. The van der Waals surface area contributed by atoms with Gasteiger partial charge in [0.2, 0.25) is 17.7 Å². The van der Waals surface area contributed by atoms with Gasteiger partial charge in [-0.25, -0.2) is 0 Å². The number of hydrogen-bond donors (Lipinski definition) is 1. The van der Waals surface area contributed by atoms with E-state index in [1.165, 1.54) is 4.90 Å². The van der Waals surface area contributed by atoms with Gasteiger partial charge in [-0.05, 0) is 30.2 Å². The SMILES string of the molecule is CC(C)[C@H](NC(=O)CN1C(=O)[C@H]2CCCC[C@H]2C1=O)c1cccs1. The molecule has 1 aromatic heterocycles. The van der Waals surface area contributed by atoms with E-state index in [1.54, 1.807) is 11.3 Å². The number of rotatable bonds is 5. The van der Waals surface area contributed by atoms with E-state index in [1.807, 2.05) is 31.4 Å². The van der Waals surface area contributed by atoms with Crippen LogP contribution >= 0.6 is 11.3 Å². The zero-order valence-corrected chi connectivity index (χ0v) is 15.0. The number of amides is 3. The molecule has 5 nitrogen and oxygen atoms in total. The molecule has 24 heavy (non-hydrogen) atoms. The van der Waals surface area contributed by atoms with Crippen molar-refractivity contribution < 1.29 is 14.4 Å². The van der Waals surface area contributed by atoms with Crippen LogP contribution in [-0.4, -0.2) is 29.2 Å². The quantitative estimate of drug-likeness (QED) is 0.832. The fourth-order valence-electron chi connectivity index (χ4n) is 3.78. The van der Waals surface area contributed by atoms with Gasteiger partial charge in [-0.1, -0.05) is 32.8 Å². The van der Waals surface area contributed by atoms with E-state index in [9.17, 15) is 14.4 Å². The molecule has 1 saturated carbocycles. The minimum Gasteiger partial charge on any atom is -0.347 e. The van der Waals surface area contributed by atoms with Crippen molar-refractivity contribution >= 4 is 29.1 Å². The maximum absolute atomic E-state index is 12.5. The molecule has 3 atom stereocenters. The second-order valence-corrected chi connectivity index (χ2v) is 8.04. The van der Waals surface area contributed by atoms with E-state index < -0.39 is 0 Å². The summed E-state index contributed by atoms with van der Waals surface area (Å²) in [7, 11) is 0. The molecule has 6 heteroatoms. The van der Waals surface area contributed by atoms with Gasteiger partial charge >= 0.3 is 0 Å². The summed E-state index contributed by atoms with van der Waals surface area (Å²) >= 11 is 1.60. The first-order valence-electron chi connectivity index (χ1n) is 8.67. The van der Waals surface area contributed by atoms with Crippen molar-refractivity contribution in [3.63, 3.8) is 0 Å². The molecule has 1 aromatic rings. The maximum atomic E-state index is 12.5.